The molecule has 23 heavy (non-hydrogen) atoms. The predicted molar refractivity (Wildman–Crippen MR) is 90.3 cm³/mol. The topological polar surface area (TPSA) is 61.4 Å². The van der Waals surface area contributed by atoms with E-state index in [0.29, 0.717) is 12.6 Å². The second-order valence-electron chi connectivity index (χ2n) is 6.64. The minimum absolute atomic E-state index is 0.00783. The molecule has 1 aromatic rings. The number of benzene rings is 1. The molecule has 3 amide bonds. The van der Waals surface area contributed by atoms with Crippen molar-refractivity contribution < 1.29 is 9.59 Å². The number of hydrogen-bond acceptors (Lipinski definition) is 2. The molecule has 1 atom stereocenters. The minimum Gasteiger partial charge on any atom is -0.352 e. The maximum Gasteiger partial charge on any atom is 0.322 e. The van der Waals surface area contributed by atoms with E-state index in [9.17, 15) is 9.59 Å². The molecular formula is C18H25N3O2. The van der Waals surface area contributed by atoms with Gasteiger partial charge in [-0.2, -0.15) is 0 Å². The summed E-state index contributed by atoms with van der Waals surface area (Å²) < 4.78 is 0. The largest absolute Gasteiger partial charge is 0.352 e. The van der Waals surface area contributed by atoms with Crippen LogP contribution in [0.15, 0.2) is 24.3 Å². The highest BCUT2D eigenvalue weighted by molar-refractivity contribution is 5.94. The van der Waals surface area contributed by atoms with E-state index in [4.69, 9.17) is 0 Å². The second-order valence-corrected chi connectivity index (χ2v) is 6.64. The molecule has 2 aliphatic rings. The van der Waals surface area contributed by atoms with Crippen molar-refractivity contribution in [1.82, 2.24) is 10.2 Å². The number of aryl methyl sites for hydroxylation is 1. The Labute approximate surface area is 137 Å². The Hall–Kier alpha value is -2.04. The summed E-state index contributed by atoms with van der Waals surface area (Å²) in [4.78, 5) is 26.6. The van der Waals surface area contributed by atoms with Crippen LogP contribution in [0.4, 0.5) is 10.5 Å². The molecule has 1 aliphatic heterocycles. The van der Waals surface area contributed by atoms with Gasteiger partial charge in [-0.25, -0.2) is 4.79 Å². The van der Waals surface area contributed by atoms with Crippen LogP contribution in [0.1, 0.15) is 44.1 Å². The Morgan fingerprint density at radius 2 is 1.74 bits per heavy atom. The van der Waals surface area contributed by atoms with Crippen LogP contribution < -0.4 is 10.6 Å². The van der Waals surface area contributed by atoms with Gasteiger partial charge in [0.2, 0.25) is 5.91 Å². The Balaban J connectivity index is 1.59. The summed E-state index contributed by atoms with van der Waals surface area (Å²) in [6.07, 6.45) is 6.13. The van der Waals surface area contributed by atoms with Gasteiger partial charge < -0.3 is 15.5 Å². The molecule has 2 N–H and O–H groups in total. The molecule has 1 saturated carbocycles. The van der Waals surface area contributed by atoms with Crippen molar-refractivity contribution in [2.45, 2.75) is 57.5 Å². The van der Waals surface area contributed by atoms with E-state index in [-0.39, 0.29) is 18.0 Å². The number of rotatable bonds is 3. The average molecular weight is 315 g/mol. The minimum atomic E-state index is -0.332. The smallest absolute Gasteiger partial charge is 0.322 e. The van der Waals surface area contributed by atoms with Crippen molar-refractivity contribution in [1.29, 1.82) is 0 Å². The van der Waals surface area contributed by atoms with Gasteiger partial charge in [-0.15, -0.1) is 0 Å². The monoisotopic (exact) mass is 315 g/mol. The number of carbonyl (C=O) groups excluding carboxylic acids is 2. The third kappa shape index (κ3) is 3.84. The van der Waals surface area contributed by atoms with Gasteiger partial charge in [-0.3, -0.25) is 4.79 Å². The fourth-order valence-electron chi connectivity index (χ4n) is 3.48. The third-order valence-electron chi connectivity index (χ3n) is 4.82. The van der Waals surface area contributed by atoms with Gasteiger partial charge in [0.05, 0.1) is 0 Å². The van der Waals surface area contributed by atoms with E-state index in [0.717, 1.165) is 36.9 Å². The SMILES string of the molecule is Cc1ccc(NC(=O)N2CCC[C@H]2C(=O)NC2CCCC2)cc1. The van der Waals surface area contributed by atoms with Gasteiger partial charge in [-0.1, -0.05) is 30.5 Å². The summed E-state index contributed by atoms with van der Waals surface area (Å²) in [6.45, 7) is 2.65. The van der Waals surface area contributed by atoms with Gasteiger partial charge in [0.25, 0.3) is 0 Å². The number of urea groups is 1. The van der Waals surface area contributed by atoms with Crippen LogP contribution in [-0.2, 0) is 4.79 Å². The van der Waals surface area contributed by atoms with Crippen molar-refractivity contribution in [2.75, 3.05) is 11.9 Å². The van der Waals surface area contributed by atoms with Gasteiger partial charge in [-0.05, 0) is 44.7 Å². The molecule has 5 nitrogen and oxygen atoms in total. The Morgan fingerprint density at radius 3 is 2.43 bits per heavy atom. The highest BCUT2D eigenvalue weighted by Gasteiger charge is 2.35. The Morgan fingerprint density at radius 1 is 1.04 bits per heavy atom. The molecule has 0 unspecified atom stereocenters. The maximum absolute atomic E-state index is 12.5. The molecule has 0 aromatic heterocycles. The van der Waals surface area contributed by atoms with Crippen molar-refractivity contribution in [3.05, 3.63) is 29.8 Å². The number of nitrogens with zero attached hydrogens (tertiary/aromatic N) is 1. The summed E-state index contributed by atoms with van der Waals surface area (Å²) in [5, 5.41) is 6.01. The van der Waals surface area contributed by atoms with Gasteiger partial charge in [0, 0.05) is 18.3 Å². The third-order valence-corrected chi connectivity index (χ3v) is 4.82. The zero-order valence-electron chi connectivity index (χ0n) is 13.7. The average Bonchev–Trinajstić information content (AvgIpc) is 3.20. The van der Waals surface area contributed by atoms with Gasteiger partial charge >= 0.3 is 6.03 Å². The van der Waals surface area contributed by atoms with Crippen LogP contribution in [-0.4, -0.2) is 35.5 Å². The second kappa shape index (κ2) is 7.02. The molecule has 5 heteroatoms. The van der Waals surface area contributed by atoms with Crippen LogP contribution in [0, 0.1) is 6.92 Å². The van der Waals surface area contributed by atoms with Crippen molar-refractivity contribution in [3.63, 3.8) is 0 Å². The van der Waals surface area contributed by atoms with Crippen molar-refractivity contribution >= 4 is 17.6 Å². The Bertz CT molecular complexity index is 564. The zero-order valence-corrected chi connectivity index (χ0v) is 13.7. The van der Waals surface area contributed by atoms with Crippen LogP contribution in [0.3, 0.4) is 0 Å². The first-order valence-corrected chi connectivity index (χ1v) is 8.58. The molecule has 0 bridgehead atoms. The molecule has 3 rings (SSSR count). The number of amides is 3. The van der Waals surface area contributed by atoms with E-state index < -0.39 is 0 Å². The van der Waals surface area contributed by atoms with Crippen LogP contribution in [0.25, 0.3) is 0 Å². The van der Waals surface area contributed by atoms with Crippen LogP contribution in [0.5, 0.6) is 0 Å². The zero-order chi connectivity index (χ0) is 16.2. The number of hydrogen-bond donors (Lipinski definition) is 2. The van der Waals surface area contributed by atoms with E-state index in [2.05, 4.69) is 10.6 Å². The van der Waals surface area contributed by atoms with E-state index >= 15 is 0 Å². The van der Waals surface area contributed by atoms with E-state index in [1.54, 1.807) is 4.90 Å². The molecule has 2 fully saturated rings. The summed E-state index contributed by atoms with van der Waals surface area (Å²) in [5.41, 5.74) is 1.92. The first-order chi connectivity index (χ1) is 11.1. The molecule has 1 heterocycles. The lowest BCUT2D eigenvalue weighted by Crippen LogP contribution is -2.49. The van der Waals surface area contributed by atoms with Gasteiger partial charge in [0.1, 0.15) is 6.04 Å². The molecule has 1 saturated heterocycles. The lowest BCUT2D eigenvalue weighted by Gasteiger charge is -2.25. The van der Waals surface area contributed by atoms with Crippen molar-refractivity contribution in [2.24, 2.45) is 0 Å². The first-order valence-electron chi connectivity index (χ1n) is 8.58. The fraction of sp³-hybridized carbons (Fsp3) is 0.556. The van der Waals surface area contributed by atoms with Gasteiger partial charge in [0.15, 0.2) is 0 Å². The predicted octanol–water partition coefficient (Wildman–Crippen LogP) is 3.05. The molecular weight excluding hydrogens is 290 g/mol. The molecule has 0 radical (unpaired) electrons. The number of carbonyl (C=O) groups is 2. The van der Waals surface area contributed by atoms with E-state index in [1.807, 2.05) is 31.2 Å². The van der Waals surface area contributed by atoms with E-state index in [1.165, 1.54) is 12.8 Å². The normalized spacial score (nSPS) is 21.4. The maximum atomic E-state index is 12.5. The Kier molecular flexibility index (Phi) is 4.84. The van der Waals surface area contributed by atoms with Crippen molar-refractivity contribution in [3.8, 4) is 0 Å². The van der Waals surface area contributed by atoms with Crippen LogP contribution in [0.2, 0.25) is 0 Å². The molecule has 1 aliphatic carbocycles. The molecule has 124 valence electrons. The highest BCUT2D eigenvalue weighted by atomic mass is 16.2. The summed E-state index contributed by atoms with van der Waals surface area (Å²) >= 11 is 0. The molecule has 1 aromatic carbocycles. The lowest BCUT2D eigenvalue weighted by atomic mass is 10.1. The first kappa shape index (κ1) is 15.8. The number of anilines is 1. The number of nitrogens with one attached hydrogen (secondary N) is 2. The fourth-order valence-corrected chi connectivity index (χ4v) is 3.48. The lowest BCUT2D eigenvalue weighted by molar-refractivity contribution is -0.125. The summed E-state index contributed by atoms with van der Waals surface area (Å²) in [5.74, 6) is 0.00783. The van der Waals surface area contributed by atoms with Crippen LogP contribution >= 0.6 is 0 Å². The molecule has 0 spiro atoms. The standard InChI is InChI=1S/C18H25N3O2/c1-13-8-10-15(11-9-13)20-18(23)21-12-4-7-16(21)17(22)19-14-5-2-3-6-14/h8-11,14,16H,2-7,12H2,1H3,(H,19,22)(H,20,23)/t16-/m0/s1. The highest BCUT2D eigenvalue weighted by Crippen LogP contribution is 2.22. The number of likely N-dealkylation sites (tertiary alicyclic amines) is 1. The summed E-state index contributed by atoms with van der Waals surface area (Å²) in [6, 6.07) is 7.48. The summed E-state index contributed by atoms with van der Waals surface area (Å²) in [7, 11) is 0. The quantitative estimate of drug-likeness (QED) is 0.900.